The summed E-state index contributed by atoms with van der Waals surface area (Å²) >= 11 is 0. The molecule has 5 aliphatic rings. The van der Waals surface area contributed by atoms with Gasteiger partial charge in [0.1, 0.15) is 0 Å². The van der Waals surface area contributed by atoms with Gasteiger partial charge in [0.2, 0.25) is 5.91 Å². The molecule has 0 radical (unpaired) electrons. The third-order valence-corrected chi connectivity index (χ3v) is 7.43. The van der Waals surface area contributed by atoms with Crippen molar-refractivity contribution in [3.63, 3.8) is 0 Å². The molecule has 5 heteroatoms. The molecule has 2 N–H and O–H groups in total. The molecule has 5 nitrogen and oxygen atoms in total. The van der Waals surface area contributed by atoms with E-state index in [-0.39, 0.29) is 22.8 Å². The van der Waals surface area contributed by atoms with E-state index in [1.54, 1.807) is 0 Å². The quantitative estimate of drug-likeness (QED) is 0.837. The third-order valence-electron chi connectivity index (χ3n) is 7.43. The van der Waals surface area contributed by atoms with Crippen LogP contribution in [0.5, 0.6) is 0 Å². The van der Waals surface area contributed by atoms with Crippen molar-refractivity contribution in [2.45, 2.75) is 69.7 Å². The number of amides is 1. The van der Waals surface area contributed by atoms with Gasteiger partial charge in [-0.25, -0.2) is 0 Å². The second-order valence-electron chi connectivity index (χ2n) is 8.46. The van der Waals surface area contributed by atoms with Gasteiger partial charge in [-0.15, -0.1) is 0 Å². The number of aliphatic carboxylic acids is 1. The van der Waals surface area contributed by atoms with Crippen molar-refractivity contribution >= 4 is 11.9 Å². The standard InChI is InChI=1S/C18H27NO4/c20-14(13-2-11-23-12-17(13)3-1-4-17)19-18-8-5-16(6-9-18,7-10-18)15(21)22/h13H,1-12H2,(H,19,20)(H,21,22). The molecule has 23 heavy (non-hydrogen) atoms. The van der Waals surface area contributed by atoms with E-state index >= 15 is 0 Å². The van der Waals surface area contributed by atoms with Gasteiger partial charge >= 0.3 is 5.97 Å². The van der Waals surface area contributed by atoms with Crippen molar-refractivity contribution < 1.29 is 19.4 Å². The molecule has 1 spiro atoms. The summed E-state index contributed by atoms with van der Waals surface area (Å²) < 4.78 is 5.65. The van der Waals surface area contributed by atoms with Crippen LogP contribution in [0.2, 0.25) is 0 Å². The van der Waals surface area contributed by atoms with Crippen molar-refractivity contribution in [3.8, 4) is 0 Å². The highest BCUT2D eigenvalue weighted by Crippen LogP contribution is 2.54. The number of fused-ring (bicyclic) bond motifs is 3. The van der Waals surface area contributed by atoms with Gasteiger partial charge in [0.25, 0.3) is 0 Å². The molecular formula is C18H27NO4. The topological polar surface area (TPSA) is 75.6 Å². The Morgan fingerprint density at radius 3 is 2.17 bits per heavy atom. The van der Waals surface area contributed by atoms with Gasteiger partial charge in [-0.2, -0.15) is 0 Å². The SMILES string of the molecule is O=C(NC12CCC(C(=O)O)(CC1)CC2)C1CCOCC12CCC2. The monoisotopic (exact) mass is 321 g/mol. The summed E-state index contributed by atoms with van der Waals surface area (Å²) in [7, 11) is 0. The maximum atomic E-state index is 13.0. The molecular weight excluding hydrogens is 294 g/mol. The number of hydrogen-bond donors (Lipinski definition) is 2. The Morgan fingerprint density at radius 2 is 1.65 bits per heavy atom. The molecule has 1 amide bonds. The zero-order valence-corrected chi connectivity index (χ0v) is 13.7. The van der Waals surface area contributed by atoms with Gasteiger partial charge in [-0.1, -0.05) is 6.42 Å². The molecule has 1 saturated heterocycles. The van der Waals surface area contributed by atoms with Gasteiger partial charge in [0.05, 0.1) is 12.0 Å². The predicted octanol–water partition coefficient (Wildman–Crippen LogP) is 2.49. The molecule has 128 valence electrons. The fraction of sp³-hybridized carbons (Fsp3) is 0.889. The average Bonchev–Trinajstić information content (AvgIpc) is 2.54. The van der Waals surface area contributed by atoms with Crippen molar-refractivity contribution in [2.75, 3.05) is 13.2 Å². The van der Waals surface area contributed by atoms with Crippen LogP contribution in [0.25, 0.3) is 0 Å². The second kappa shape index (κ2) is 5.20. The molecule has 0 aromatic rings. The van der Waals surface area contributed by atoms with Crippen LogP contribution in [0, 0.1) is 16.7 Å². The molecule has 5 rings (SSSR count). The minimum Gasteiger partial charge on any atom is -0.481 e. The summed E-state index contributed by atoms with van der Waals surface area (Å²) in [6.07, 6.45) is 8.86. The average molecular weight is 321 g/mol. The molecule has 2 bridgehead atoms. The van der Waals surface area contributed by atoms with Crippen LogP contribution in [0.3, 0.4) is 0 Å². The number of ether oxygens (including phenoxy) is 1. The molecule has 4 saturated carbocycles. The number of carbonyl (C=O) groups excluding carboxylic acids is 1. The lowest BCUT2D eigenvalue weighted by Crippen LogP contribution is -2.61. The van der Waals surface area contributed by atoms with Gasteiger partial charge in [0.15, 0.2) is 0 Å². The molecule has 1 aliphatic heterocycles. The number of nitrogens with one attached hydrogen (secondary N) is 1. The van der Waals surface area contributed by atoms with Crippen molar-refractivity contribution in [1.82, 2.24) is 5.32 Å². The highest BCUT2D eigenvalue weighted by molar-refractivity contribution is 5.81. The fourth-order valence-electron chi connectivity index (χ4n) is 5.46. The fourth-order valence-corrected chi connectivity index (χ4v) is 5.46. The lowest BCUT2D eigenvalue weighted by Gasteiger charge is -2.54. The van der Waals surface area contributed by atoms with Crippen LogP contribution in [0.1, 0.15) is 64.2 Å². The number of carboxylic acids is 1. The lowest BCUT2D eigenvalue weighted by atomic mass is 9.56. The highest BCUT2D eigenvalue weighted by Gasteiger charge is 2.55. The molecule has 0 aromatic carbocycles. The summed E-state index contributed by atoms with van der Waals surface area (Å²) in [4.78, 5) is 24.5. The minimum absolute atomic E-state index is 0.0902. The van der Waals surface area contributed by atoms with E-state index in [1.807, 2.05) is 0 Å². The number of hydrogen-bond acceptors (Lipinski definition) is 3. The van der Waals surface area contributed by atoms with E-state index in [0.717, 1.165) is 45.1 Å². The normalized spacial score (nSPS) is 41.3. The Labute approximate surface area is 137 Å². The van der Waals surface area contributed by atoms with E-state index in [2.05, 4.69) is 5.32 Å². The van der Waals surface area contributed by atoms with Crippen molar-refractivity contribution in [3.05, 3.63) is 0 Å². The van der Waals surface area contributed by atoms with Gasteiger partial charge in [-0.05, 0) is 57.8 Å². The maximum Gasteiger partial charge on any atom is 0.309 e. The predicted molar refractivity (Wildman–Crippen MR) is 83.9 cm³/mol. The minimum atomic E-state index is -0.644. The summed E-state index contributed by atoms with van der Waals surface area (Å²) in [5, 5.41) is 12.9. The van der Waals surface area contributed by atoms with Gasteiger partial charge in [0, 0.05) is 23.5 Å². The van der Waals surface area contributed by atoms with Crippen molar-refractivity contribution in [2.24, 2.45) is 16.7 Å². The first-order chi connectivity index (χ1) is 11.0. The van der Waals surface area contributed by atoms with Crippen LogP contribution >= 0.6 is 0 Å². The highest BCUT2D eigenvalue weighted by atomic mass is 16.5. The molecule has 4 aliphatic carbocycles. The van der Waals surface area contributed by atoms with E-state index in [9.17, 15) is 14.7 Å². The summed E-state index contributed by atoms with van der Waals surface area (Å²) in [5.41, 5.74) is -0.564. The first-order valence-corrected chi connectivity index (χ1v) is 9.13. The maximum absolute atomic E-state index is 13.0. The second-order valence-corrected chi connectivity index (χ2v) is 8.46. The van der Waals surface area contributed by atoms with Gasteiger partial charge < -0.3 is 15.2 Å². The Bertz CT molecular complexity index is 501. The largest absolute Gasteiger partial charge is 0.481 e. The molecule has 1 unspecified atom stereocenters. The van der Waals surface area contributed by atoms with E-state index < -0.39 is 11.4 Å². The Hall–Kier alpha value is -1.10. The number of rotatable bonds is 3. The lowest BCUT2D eigenvalue weighted by molar-refractivity contribution is -0.159. The molecule has 1 heterocycles. The van der Waals surface area contributed by atoms with E-state index in [0.29, 0.717) is 25.9 Å². The Morgan fingerprint density at radius 1 is 1.00 bits per heavy atom. The smallest absolute Gasteiger partial charge is 0.309 e. The number of carboxylic acid groups (broad SMARTS) is 1. The molecule has 1 atom stereocenters. The van der Waals surface area contributed by atoms with E-state index in [1.165, 1.54) is 6.42 Å². The summed E-state index contributed by atoms with van der Waals surface area (Å²) in [6, 6.07) is 0. The summed E-state index contributed by atoms with van der Waals surface area (Å²) in [5.74, 6) is -0.347. The summed E-state index contributed by atoms with van der Waals surface area (Å²) in [6.45, 7) is 1.43. The van der Waals surface area contributed by atoms with Crippen LogP contribution in [0.4, 0.5) is 0 Å². The first kappa shape index (κ1) is 15.4. The Balaban J connectivity index is 1.44. The third kappa shape index (κ3) is 2.31. The van der Waals surface area contributed by atoms with Crippen molar-refractivity contribution in [1.29, 1.82) is 0 Å². The first-order valence-electron chi connectivity index (χ1n) is 9.13. The van der Waals surface area contributed by atoms with Crippen LogP contribution < -0.4 is 5.32 Å². The van der Waals surface area contributed by atoms with Crippen LogP contribution in [0.15, 0.2) is 0 Å². The van der Waals surface area contributed by atoms with Crippen LogP contribution in [-0.4, -0.2) is 35.7 Å². The van der Waals surface area contributed by atoms with Crippen LogP contribution in [-0.2, 0) is 14.3 Å². The van der Waals surface area contributed by atoms with E-state index in [4.69, 9.17) is 4.74 Å². The van der Waals surface area contributed by atoms with Gasteiger partial charge in [-0.3, -0.25) is 9.59 Å². The number of carbonyl (C=O) groups is 2. The zero-order chi connectivity index (χ0) is 16.1. The Kier molecular flexibility index (Phi) is 3.49. The molecule has 5 fully saturated rings. The zero-order valence-electron chi connectivity index (χ0n) is 13.7. The molecule has 0 aromatic heterocycles.